The Morgan fingerprint density at radius 3 is 2.59 bits per heavy atom. The number of esters is 1. The predicted molar refractivity (Wildman–Crippen MR) is 59.5 cm³/mol. The molecule has 0 aliphatic heterocycles. The van der Waals surface area contributed by atoms with Gasteiger partial charge in [0.25, 0.3) is 0 Å². The standard InChI is InChI=1S/C11H10BrF3O2/c1-2-17-9(16)6-7-4-3-5-8(12)10(7)11(13,14)15/h3-5H,2,6H2,1H3. The van der Waals surface area contributed by atoms with Crippen LogP contribution in [0.3, 0.4) is 0 Å². The molecule has 0 bridgehead atoms. The minimum absolute atomic E-state index is 0.0770. The maximum absolute atomic E-state index is 12.8. The first-order chi connectivity index (χ1) is 7.86. The first-order valence-corrected chi connectivity index (χ1v) is 5.65. The fourth-order valence-corrected chi connectivity index (χ4v) is 2.03. The third-order valence-corrected chi connectivity index (χ3v) is 2.68. The molecule has 0 N–H and O–H groups in total. The molecule has 0 saturated heterocycles. The van der Waals surface area contributed by atoms with Crippen LogP contribution in [0.4, 0.5) is 13.2 Å². The van der Waals surface area contributed by atoms with Crippen LogP contribution in [0, 0.1) is 0 Å². The highest BCUT2D eigenvalue weighted by atomic mass is 79.9. The molecule has 6 heteroatoms. The molecule has 0 fully saturated rings. The lowest BCUT2D eigenvalue weighted by atomic mass is 10.0. The SMILES string of the molecule is CCOC(=O)Cc1cccc(Br)c1C(F)(F)F. The maximum Gasteiger partial charge on any atom is 0.417 e. The third kappa shape index (κ3) is 3.73. The van der Waals surface area contributed by atoms with Gasteiger partial charge in [-0.3, -0.25) is 4.79 Å². The van der Waals surface area contributed by atoms with Crippen molar-refractivity contribution >= 4 is 21.9 Å². The van der Waals surface area contributed by atoms with Crippen molar-refractivity contribution in [3.63, 3.8) is 0 Å². The Balaban J connectivity index is 3.08. The molecule has 1 aromatic carbocycles. The molecule has 0 aromatic heterocycles. The van der Waals surface area contributed by atoms with Gasteiger partial charge in [-0.15, -0.1) is 0 Å². The van der Waals surface area contributed by atoms with Gasteiger partial charge in [-0.1, -0.05) is 28.1 Å². The monoisotopic (exact) mass is 310 g/mol. The fourth-order valence-electron chi connectivity index (χ4n) is 1.40. The van der Waals surface area contributed by atoms with Gasteiger partial charge in [0.15, 0.2) is 0 Å². The molecule has 0 heterocycles. The number of alkyl halides is 3. The van der Waals surface area contributed by atoms with E-state index in [9.17, 15) is 18.0 Å². The Morgan fingerprint density at radius 2 is 2.06 bits per heavy atom. The van der Waals surface area contributed by atoms with E-state index in [2.05, 4.69) is 20.7 Å². The zero-order valence-electron chi connectivity index (χ0n) is 8.97. The Labute approximate surface area is 105 Å². The molecule has 0 spiro atoms. The largest absolute Gasteiger partial charge is 0.466 e. The van der Waals surface area contributed by atoms with Gasteiger partial charge in [0.05, 0.1) is 18.6 Å². The van der Waals surface area contributed by atoms with E-state index in [4.69, 9.17) is 0 Å². The Hall–Kier alpha value is -1.04. The molecule has 1 rings (SSSR count). The number of ether oxygens (including phenoxy) is 1. The molecule has 0 atom stereocenters. The minimum atomic E-state index is -4.50. The van der Waals surface area contributed by atoms with Gasteiger partial charge >= 0.3 is 12.1 Å². The zero-order valence-corrected chi connectivity index (χ0v) is 10.6. The average Bonchev–Trinajstić information content (AvgIpc) is 2.15. The van der Waals surface area contributed by atoms with Gasteiger partial charge in [-0.25, -0.2) is 0 Å². The third-order valence-electron chi connectivity index (χ3n) is 2.02. The van der Waals surface area contributed by atoms with E-state index < -0.39 is 17.7 Å². The van der Waals surface area contributed by atoms with Crippen molar-refractivity contribution in [1.82, 2.24) is 0 Å². The van der Waals surface area contributed by atoms with E-state index >= 15 is 0 Å². The molecule has 0 aliphatic rings. The summed E-state index contributed by atoms with van der Waals surface area (Å²) in [6.07, 6.45) is -4.88. The van der Waals surface area contributed by atoms with Crippen molar-refractivity contribution in [1.29, 1.82) is 0 Å². The van der Waals surface area contributed by atoms with Crippen molar-refractivity contribution in [2.45, 2.75) is 19.5 Å². The van der Waals surface area contributed by atoms with E-state index in [0.29, 0.717) is 0 Å². The van der Waals surface area contributed by atoms with Gasteiger partial charge in [-0.05, 0) is 18.6 Å². The van der Waals surface area contributed by atoms with Crippen molar-refractivity contribution in [3.05, 3.63) is 33.8 Å². The van der Waals surface area contributed by atoms with Crippen LogP contribution in [0.5, 0.6) is 0 Å². The molecular weight excluding hydrogens is 301 g/mol. The van der Waals surface area contributed by atoms with Gasteiger partial charge in [-0.2, -0.15) is 13.2 Å². The van der Waals surface area contributed by atoms with Crippen LogP contribution in [0.1, 0.15) is 18.1 Å². The highest BCUT2D eigenvalue weighted by molar-refractivity contribution is 9.10. The molecule has 94 valence electrons. The average molecular weight is 311 g/mol. The van der Waals surface area contributed by atoms with Crippen LogP contribution in [-0.4, -0.2) is 12.6 Å². The second-order valence-electron chi connectivity index (χ2n) is 3.25. The summed E-state index contributed by atoms with van der Waals surface area (Å²) in [6, 6.07) is 4.01. The first kappa shape index (κ1) is 14.0. The topological polar surface area (TPSA) is 26.3 Å². The molecule has 1 aromatic rings. The Bertz CT molecular complexity index is 416. The summed E-state index contributed by atoms with van der Waals surface area (Å²) in [6.45, 7) is 1.75. The molecule has 17 heavy (non-hydrogen) atoms. The molecule has 0 saturated carbocycles. The maximum atomic E-state index is 12.8. The van der Waals surface area contributed by atoms with Gasteiger partial charge in [0.1, 0.15) is 0 Å². The first-order valence-electron chi connectivity index (χ1n) is 4.86. The second kappa shape index (κ2) is 5.53. The smallest absolute Gasteiger partial charge is 0.417 e. The highest BCUT2D eigenvalue weighted by Gasteiger charge is 2.35. The van der Waals surface area contributed by atoms with Crippen LogP contribution in [0.2, 0.25) is 0 Å². The van der Waals surface area contributed by atoms with Crippen molar-refractivity contribution in [2.75, 3.05) is 6.61 Å². The molecule has 0 aliphatic carbocycles. The molecular formula is C11H10BrF3O2. The summed E-state index contributed by atoms with van der Waals surface area (Å²) in [7, 11) is 0. The number of halogens is 4. The molecule has 0 amide bonds. The number of carbonyl (C=O) groups is 1. The number of hydrogen-bond donors (Lipinski definition) is 0. The van der Waals surface area contributed by atoms with E-state index in [1.54, 1.807) is 6.92 Å². The van der Waals surface area contributed by atoms with E-state index in [1.807, 2.05) is 0 Å². The number of rotatable bonds is 3. The summed E-state index contributed by atoms with van der Waals surface area (Å²) in [4.78, 5) is 11.2. The van der Waals surface area contributed by atoms with E-state index in [-0.39, 0.29) is 23.1 Å². The lowest BCUT2D eigenvalue weighted by molar-refractivity contribution is -0.143. The van der Waals surface area contributed by atoms with Crippen molar-refractivity contribution < 1.29 is 22.7 Å². The minimum Gasteiger partial charge on any atom is -0.466 e. The second-order valence-corrected chi connectivity index (χ2v) is 4.11. The summed E-state index contributed by atoms with van der Waals surface area (Å²) in [5.74, 6) is -0.670. The lowest BCUT2D eigenvalue weighted by Gasteiger charge is -2.14. The van der Waals surface area contributed by atoms with Gasteiger partial charge < -0.3 is 4.74 Å². The van der Waals surface area contributed by atoms with E-state index in [1.165, 1.54) is 18.2 Å². The van der Waals surface area contributed by atoms with Crippen LogP contribution in [-0.2, 0) is 22.1 Å². The van der Waals surface area contributed by atoms with Gasteiger partial charge in [0.2, 0.25) is 0 Å². The van der Waals surface area contributed by atoms with Crippen LogP contribution in [0.15, 0.2) is 22.7 Å². The normalized spacial score (nSPS) is 11.4. The molecule has 0 radical (unpaired) electrons. The number of hydrogen-bond acceptors (Lipinski definition) is 2. The Kier molecular flexibility index (Phi) is 4.56. The summed E-state index contributed by atoms with van der Waals surface area (Å²) in [5, 5.41) is 0. The number of carbonyl (C=O) groups excluding carboxylic acids is 1. The summed E-state index contributed by atoms with van der Waals surface area (Å²) >= 11 is 2.84. The number of benzene rings is 1. The van der Waals surface area contributed by atoms with Crippen LogP contribution in [0.25, 0.3) is 0 Å². The molecule has 2 nitrogen and oxygen atoms in total. The van der Waals surface area contributed by atoms with Crippen LogP contribution >= 0.6 is 15.9 Å². The zero-order chi connectivity index (χ0) is 13.1. The summed E-state index contributed by atoms with van der Waals surface area (Å²) in [5.41, 5.74) is -0.918. The Morgan fingerprint density at radius 1 is 1.41 bits per heavy atom. The lowest BCUT2D eigenvalue weighted by Crippen LogP contribution is -2.15. The van der Waals surface area contributed by atoms with E-state index in [0.717, 1.165) is 0 Å². The quantitative estimate of drug-likeness (QED) is 0.798. The highest BCUT2D eigenvalue weighted by Crippen LogP contribution is 2.37. The molecule has 0 unspecified atom stereocenters. The van der Waals surface area contributed by atoms with Gasteiger partial charge in [0, 0.05) is 4.47 Å². The predicted octanol–water partition coefficient (Wildman–Crippen LogP) is 3.57. The fraction of sp³-hybridized carbons (Fsp3) is 0.364. The van der Waals surface area contributed by atoms with Crippen molar-refractivity contribution in [2.24, 2.45) is 0 Å². The van der Waals surface area contributed by atoms with Crippen molar-refractivity contribution in [3.8, 4) is 0 Å². The summed E-state index contributed by atoms with van der Waals surface area (Å²) < 4.78 is 42.8. The van der Waals surface area contributed by atoms with Crippen LogP contribution < -0.4 is 0 Å².